The molecule has 1 heterocycles. The fourth-order valence-corrected chi connectivity index (χ4v) is 2.21. The maximum atomic E-state index is 11.0. The molecule has 18 heavy (non-hydrogen) atoms. The van der Waals surface area contributed by atoms with Gasteiger partial charge in [0.25, 0.3) is 0 Å². The summed E-state index contributed by atoms with van der Waals surface area (Å²) in [6.07, 6.45) is 0.830. The average molecular weight is 310 g/mol. The van der Waals surface area contributed by atoms with Crippen LogP contribution in [0.1, 0.15) is 28.7 Å². The molecule has 0 aliphatic carbocycles. The summed E-state index contributed by atoms with van der Waals surface area (Å²) < 4.78 is 2.55. The molecule has 5 nitrogen and oxygen atoms in total. The molecule has 0 spiro atoms. The largest absolute Gasteiger partial charge is 0.476 e. The summed E-state index contributed by atoms with van der Waals surface area (Å²) in [7, 11) is 0. The summed E-state index contributed by atoms with van der Waals surface area (Å²) in [5.74, 6) is -1.06. The number of carbonyl (C=O) groups is 1. The normalized spacial score (nSPS) is 10.6. The zero-order valence-corrected chi connectivity index (χ0v) is 11.6. The molecule has 6 heteroatoms. The predicted octanol–water partition coefficient (Wildman–Crippen LogP) is 2.60. The van der Waals surface area contributed by atoms with E-state index in [4.69, 9.17) is 5.11 Å². The van der Waals surface area contributed by atoms with Crippen LogP contribution in [0.2, 0.25) is 0 Å². The third kappa shape index (κ3) is 2.15. The van der Waals surface area contributed by atoms with E-state index in [9.17, 15) is 4.79 Å². The van der Waals surface area contributed by atoms with E-state index in [0.717, 1.165) is 22.1 Å². The van der Waals surface area contributed by atoms with Crippen molar-refractivity contribution in [2.24, 2.45) is 0 Å². The van der Waals surface area contributed by atoms with Gasteiger partial charge < -0.3 is 5.11 Å². The second kappa shape index (κ2) is 4.89. The summed E-state index contributed by atoms with van der Waals surface area (Å²) in [5, 5.41) is 16.6. The van der Waals surface area contributed by atoms with Gasteiger partial charge in [-0.15, -0.1) is 5.10 Å². The molecule has 0 aliphatic heterocycles. The van der Waals surface area contributed by atoms with Gasteiger partial charge in [-0.2, -0.15) is 0 Å². The lowest BCUT2D eigenvalue weighted by atomic mass is 10.1. The molecule has 0 saturated carbocycles. The second-order valence-electron chi connectivity index (χ2n) is 3.87. The minimum absolute atomic E-state index is 0.0139. The zero-order chi connectivity index (χ0) is 13.3. The van der Waals surface area contributed by atoms with Crippen LogP contribution in [-0.2, 0) is 6.42 Å². The number of aryl methyl sites for hydroxylation is 1. The van der Waals surface area contributed by atoms with Crippen molar-refractivity contribution in [1.82, 2.24) is 15.0 Å². The number of aromatic carboxylic acids is 1. The van der Waals surface area contributed by atoms with Gasteiger partial charge >= 0.3 is 5.97 Å². The van der Waals surface area contributed by atoms with Gasteiger partial charge in [-0.25, -0.2) is 9.48 Å². The third-order valence-corrected chi connectivity index (χ3v) is 3.24. The Bertz CT molecular complexity index is 607. The van der Waals surface area contributed by atoms with Crippen molar-refractivity contribution in [2.45, 2.75) is 20.3 Å². The van der Waals surface area contributed by atoms with Crippen molar-refractivity contribution >= 4 is 21.9 Å². The molecule has 0 saturated heterocycles. The number of hydrogen-bond donors (Lipinski definition) is 1. The fourth-order valence-electron chi connectivity index (χ4n) is 1.80. The van der Waals surface area contributed by atoms with E-state index in [0.29, 0.717) is 5.69 Å². The Morgan fingerprint density at radius 1 is 1.50 bits per heavy atom. The predicted molar refractivity (Wildman–Crippen MR) is 70.1 cm³/mol. The lowest BCUT2D eigenvalue weighted by Crippen LogP contribution is -2.05. The molecule has 1 aromatic carbocycles. The number of rotatable bonds is 3. The highest BCUT2D eigenvalue weighted by Crippen LogP contribution is 2.22. The van der Waals surface area contributed by atoms with Crippen LogP contribution in [-0.4, -0.2) is 26.1 Å². The van der Waals surface area contributed by atoms with Gasteiger partial charge in [0.2, 0.25) is 0 Å². The Morgan fingerprint density at radius 3 is 2.78 bits per heavy atom. The van der Waals surface area contributed by atoms with Gasteiger partial charge in [0.1, 0.15) is 0 Å². The third-order valence-electron chi connectivity index (χ3n) is 2.75. The average Bonchev–Trinajstić information content (AvgIpc) is 2.71. The van der Waals surface area contributed by atoms with Crippen molar-refractivity contribution in [2.75, 3.05) is 0 Å². The topological polar surface area (TPSA) is 68.0 Å². The second-order valence-corrected chi connectivity index (χ2v) is 4.78. The summed E-state index contributed by atoms with van der Waals surface area (Å²) in [6.45, 7) is 3.74. The molecule has 0 bridgehead atoms. The van der Waals surface area contributed by atoms with Crippen molar-refractivity contribution in [1.29, 1.82) is 0 Å². The quantitative estimate of drug-likeness (QED) is 0.946. The summed E-state index contributed by atoms with van der Waals surface area (Å²) in [4.78, 5) is 11.0. The van der Waals surface area contributed by atoms with Crippen LogP contribution >= 0.6 is 15.9 Å². The summed E-state index contributed by atoms with van der Waals surface area (Å²) >= 11 is 3.42. The number of carboxylic acids is 1. The first kappa shape index (κ1) is 12.8. The molecule has 94 valence electrons. The highest BCUT2D eigenvalue weighted by Gasteiger charge is 2.17. The van der Waals surface area contributed by atoms with E-state index >= 15 is 0 Å². The first-order valence-electron chi connectivity index (χ1n) is 5.49. The van der Waals surface area contributed by atoms with Crippen molar-refractivity contribution in [3.8, 4) is 5.69 Å². The van der Waals surface area contributed by atoms with E-state index in [-0.39, 0.29) is 5.69 Å². The van der Waals surface area contributed by atoms with Gasteiger partial charge in [-0.1, -0.05) is 28.1 Å². The fraction of sp³-hybridized carbons (Fsp3) is 0.250. The first-order valence-corrected chi connectivity index (χ1v) is 6.28. The maximum absolute atomic E-state index is 11.0. The smallest absolute Gasteiger partial charge is 0.358 e. The van der Waals surface area contributed by atoms with Crippen molar-refractivity contribution < 1.29 is 9.90 Å². The molecule has 2 aromatic rings. The van der Waals surface area contributed by atoms with Gasteiger partial charge in [0.05, 0.1) is 11.4 Å². The molecular weight excluding hydrogens is 298 g/mol. The lowest BCUT2D eigenvalue weighted by Gasteiger charge is -2.09. The number of halogens is 1. The number of nitrogens with zero attached hydrogens (tertiary/aromatic N) is 3. The Balaban J connectivity index is 2.59. The van der Waals surface area contributed by atoms with Crippen LogP contribution in [0.15, 0.2) is 22.7 Å². The van der Waals surface area contributed by atoms with E-state index in [2.05, 4.69) is 26.2 Å². The van der Waals surface area contributed by atoms with E-state index in [1.165, 1.54) is 0 Å². The highest BCUT2D eigenvalue weighted by atomic mass is 79.9. The Kier molecular flexibility index (Phi) is 3.47. The first-order chi connectivity index (χ1) is 8.54. The molecule has 0 fully saturated rings. The monoisotopic (exact) mass is 309 g/mol. The Hall–Kier alpha value is -1.69. The van der Waals surface area contributed by atoms with E-state index in [1.807, 2.05) is 25.1 Å². The van der Waals surface area contributed by atoms with Crippen LogP contribution in [0, 0.1) is 6.92 Å². The maximum Gasteiger partial charge on any atom is 0.358 e. The van der Waals surface area contributed by atoms with Gasteiger partial charge in [0.15, 0.2) is 5.69 Å². The molecule has 2 rings (SSSR count). The van der Waals surface area contributed by atoms with Crippen LogP contribution in [0.5, 0.6) is 0 Å². The molecular formula is C12H12BrN3O2. The lowest BCUT2D eigenvalue weighted by molar-refractivity contribution is 0.0689. The minimum Gasteiger partial charge on any atom is -0.476 e. The van der Waals surface area contributed by atoms with Crippen LogP contribution < -0.4 is 0 Å². The molecule has 0 unspecified atom stereocenters. The zero-order valence-electron chi connectivity index (χ0n) is 10.0. The molecule has 0 aliphatic rings. The molecule has 0 radical (unpaired) electrons. The molecule has 1 aromatic heterocycles. The molecule has 0 amide bonds. The summed E-state index contributed by atoms with van der Waals surface area (Å²) in [5.41, 5.74) is 2.45. The van der Waals surface area contributed by atoms with Gasteiger partial charge in [-0.3, -0.25) is 0 Å². The van der Waals surface area contributed by atoms with Crippen LogP contribution in [0.3, 0.4) is 0 Å². The van der Waals surface area contributed by atoms with Crippen LogP contribution in [0.25, 0.3) is 5.69 Å². The number of carboxylic acid groups (broad SMARTS) is 1. The number of aromatic nitrogens is 3. The SMILES string of the molecule is CCc1cc(Br)ccc1-n1nnc(C(=O)O)c1C. The number of hydrogen-bond acceptors (Lipinski definition) is 3. The summed E-state index contributed by atoms with van der Waals surface area (Å²) in [6, 6.07) is 5.79. The minimum atomic E-state index is -1.06. The van der Waals surface area contributed by atoms with Gasteiger partial charge in [0, 0.05) is 4.47 Å². The molecule has 1 N–H and O–H groups in total. The molecule has 0 atom stereocenters. The van der Waals surface area contributed by atoms with Crippen molar-refractivity contribution in [3.63, 3.8) is 0 Å². The van der Waals surface area contributed by atoms with Crippen LogP contribution in [0.4, 0.5) is 0 Å². The van der Waals surface area contributed by atoms with E-state index in [1.54, 1.807) is 11.6 Å². The highest BCUT2D eigenvalue weighted by molar-refractivity contribution is 9.10. The van der Waals surface area contributed by atoms with Crippen molar-refractivity contribution in [3.05, 3.63) is 39.6 Å². The standard InChI is InChI=1S/C12H12BrN3O2/c1-3-8-6-9(13)4-5-10(8)16-7(2)11(12(17)18)14-15-16/h4-6H,3H2,1-2H3,(H,17,18). The van der Waals surface area contributed by atoms with Gasteiger partial charge in [-0.05, 0) is 37.1 Å². The van der Waals surface area contributed by atoms with E-state index < -0.39 is 5.97 Å². The Labute approximate surface area is 113 Å². The number of benzene rings is 1. The Morgan fingerprint density at radius 2 is 2.22 bits per heavy atom.